The SMILES string of the molecule is NN(Br)c1ccccc1.O=S(=O)(O)O. The van der Waals surface area contributed by atoms with Crippen LogP contribution in [0.2, 0.25) is 0 Å². The lowest BCUT2D eigenvalue weighted by Crippen LogP contribution is -2.16. The molecule has 1 aromatic carbocycles. The standard InChI is InChI=1S/C6H7BrN2.H2O4S/c7-9(8)6-4-2-1-3-5-6;1-5(2,3)4/h1-5H,8H2;(H2,1,2,3,4). The van der Waals surface area contributed by atoms with Crippen molar-refractivity contribution in [1.29, 1.82) is 0 Å². The highest BCUT2D eigenvalue weighted by atomic mass is 79.9. The maximum atomic E-state index is 8.74. The second-order valence-electron chi connectivity index (χ2n) is 2.09. The van der Waals surface area contributed by atoms with Crippen LogP contribution in [-0.4, -0.2) is 17.5 Å². The number of para-hydroxylation sites is 1. The molecule has 0 amide bonds. The summed E-state index contributed by atoms with van der Waals surface area (Å²) in [5, 5.41) is 0. The molecule has 1 rings (SSSR count). The molecule has 0 unspecified atom stereocenters. The normalized spacial score (nSPS) is 10.0. The molecular formula is C6H9BrN2O4S. The molecule has 0 saturated carbocycles. The van der Waals surface area contributed by atoms with E-state index in [0.29, 0.717) is 0 Å². The first kappa shape index (κ1) is 13.3. The third-order valence-corrected chi connectivity index (χ3v) is 1.41. The van der Waals surface area contributed by atoms with Crippen molar-refractivity contribution in [2.24, 2.45) is 5.84 Å². The van der Waals surface area contributed by atoms with E-state index < -0.39 is 10.4 Å². The minimum Gasteiger partial charge on any atom is -0.264 e. The summed E-state index contributed by atoms with van der Waals surface area (Å²) < 4.78 is 33.0. The van der Waals surface area contributed by atoms with E-state index in [2.05, 4.69) is 16.1 Å². The van der Waals surface area contributed by atoms with Crippen LogP contribution in [0.15, 0.2) is 30.3 Å². The molecule has 0 aromatic heterocycles. The fraction of sp³-hybridized carbons (Fsp3) is 0. The van der Waals surface area contributed by atoms with Crippen LogP contribution >= 0.6 is 16.1 Å². The topological polar surface area (TPSA) is 104 Å². The number of anilines is 1. The van der Waals surface area contributed by atoms with Crippen molar-refractivity contribution in [2.75, 3.05) is 4.03 Å². The van der Waals surface area contributed by atoms with Gasteiger partial charge in [0, 0.05) is 0 Å². The highest BCUT2D eigenvalue weighted by Crippen LogP contribution is 2.11. The summed E-state index contributed by atoms with van der Waals surface area (Å²) >= 11 is 3.09. The predicted octanol–water partition coefficient (Wildman–Crippen LogP) is 1.02. The van der Waals surface area contributed by atoms with Crippen molar-refractivity contribution >= 4 is 32.2 Å². The minimum atomic E-state index is -4.67. The van der Waals surface area contributed by atoms with Crippen LogP contribution < -0.4 is 9.88 Å². The monoisotopic (exact) mass is 284 g/mol. The van der Waals surface area contributed by atoms with Crippen molar-refractivity contribution < 1.29 is 17.5 Å². The zero-order chi connectivity index (χ0) is 11.2. The van der Waals surface area contributed by atoms with Crippen molar-refractivity contribution in [3.8, 4) is 0 Å². The predicted molar refractivity (Wildman–Crippen MR) is 56.2 cm³/mol. The number of halogens is 1. The Morgan fingerprint density at radius 1 is 1.21 bits per heavy atom. The lowest BCUT2D eigenvalue weighted by Gasteiger charge is -2.06. The summed E-state index contributed by atoms with van der Waals surface area (Å²) in [6, 6.07) is 9.62. The summed E-state index contributed by atoms with van der Waals surface area (Å²) in [6.45, 7) is 0. The maximum Gasteiger partial charge on any atom is 0.394 e. The highest BCUT2D eigenvalue weighted by Gasteiger charge is 1.90. The van der Waals surface area contributed by atoms with Gasteiger partial charge in [-0.3, -0.25) is 9.11 Å². The second kappa shape index (κ2) is 5.94. The Morgan fingerprint density at radius 2 is 1.57 bits per heavy atom. The molecule has 0 radical (unpaired) electrons. The Kier molecular flexibility index (Phi) is 5.65. The molecule has 0 aliphatic rings. The van der Waals surface area contributed by atoms with Gasteiger partial charge in [0.25, 0.3) is 0 Å². The first-order valence-corrected chi connectivity index (χ1v) is 5.37. The Hall–Kier alpha value is -0.670. The molecule has 80 valence electrons. The zero-order valence-electron chi connectivity index (χ0n) is 6.91. The molecular weight excluding hydrogens is 276 g/mol. The van der Waals surface area contributed by atoms with Gasteiger partial charge >= 0.3 is 10.4 Å². The molecule has 6 nitrogen and oxygen atoms in total. The first-order chi connectivity index (χ1) is 6.30. The van der Waals surface area contributed by atoms with Gasteiger partial charge in [-0.2, -0.15) is 8.42 Å². The van der Waals surface area contributed by atoms with Crippen LogP contribution in [0.5, 0.6) is 0 Å². The van der Waals surface area contributed by atoms with Crippen LogP contribution in [0.4, 0.5) is 5.69 Å². The van der Waals surface area contributed by atoms with Gasteiger partial charge < -0.3 is 0 Å². The molecule has 0 bridgehead atoms. The number of nitrogens with two attached hydrogens (primary N) is 1. The zero-order valence-corrected chi connectivity index (χ0v) is 9.31. The van der Waals surface area contributed by atoms with Crippen LogP contribution in [-0.2, 0) is 10.4 Å². The van der Waals surface area contributed by atoms with Gasteiger partial charge in [-0.1, -0.05) is 18.2 Å². The van der Waals surface area contributed by atoms with Gasteiger partial charge in [0.15, 0.2) is 0 Å². The van der Waals surface area contributed by atoms with E-state index >= 15 is 0 Å². The van der Waals surface area contributed by atoms with Gasteiger partial charge in [-0.05, 0) is 12.1 Å². The average molecular weight is 285 g/mol. The Labute approximate surface area is 90.2 Å². The summed E-state index contributed by atoms with van der Waals surface area (Å²) in [5.74, 6) is 5.36. The molecule has 0 aliphatic carbocycles. The summed E-state index contributed by atoms with van der Waals surface area (Å²) in [6.07, 6.45) is 0. The molecule has 8 heteroatoms. The minimum absolute atomic E-state index is 0.942. The average Bonchev–Trinajstić information content (AvgIpc) is 2.03. The number of nitrogens with zero attached hydrogens (tertiary/aromatic N) is 1. The second-order valence-corrected chi connectivity index (χ2v) is 3.75. The first-order valence-electron chi connectivity index (χ1n) is 3.26. The molecule has 4 N–H and O–H groups in total. The summed E-state index contributed by atoms with van der Waals surface area (Å²) in [4.78, 5) is 0. The quantitative estimate of drug-likeness (QED) is 0.308. The van der Waals surface area contributed by atoms with E-state index in [4.69, 9.17) is 23.4 Å². The smallest absolute Gasteiger partial charge is 0.264 e. The van der Waals surface area contributed by atoms with E-state index in [1.807, 2.05) is 30.3 Å². The molecule has 1 aromatic rings. The number of hydrogen-bond donors (Lipinski definition) is 3. The number of hydrazine groups is 1. The van der Waals surface area contributed by atoms with Crippen LogP contribution in [0.1, 0.15) is 0 Å². The Balaban J connectivity index is 0.000000292. The van der Waals surface area contributed by atoms with E-state index in [-0.39, 0.29) is 0 Å². The van der Waals surface area contributed by atoms with Crippen molar-refractivity contribution in [3.05, 3.63) is 30.3 Å². The molecule has 0 saturated heterocycles. The van der Waals surface area contributed by atoms with Gasteiger partial charge in [-0.25, -0.2) is 9.88 Å². The van der Waals surface area contributed by atoms with Crippen LogP contribution in [0.25, 0.3) is 0 Å². The summed E-state index contributed by atoms with van der Waals surface area (Å²) in [5.41, 5.74) is 0.942. The molecule has 0 fully saturated rings. The maximum absolute atomic E-state index is 8.74. The van der Waals surface area contributed by atoms with Crippen molar-refractivity contribution in [1.82, 2.24) is 0 Å². The third-order valence-electron chi connectivity index (χ3n) is 1.00. The van der Waals surface area contributed by atoms with Gasteiger partial charge in [0.2, 0.25) is 0 Å². The third kappa shape index (κ3) is 9.42. The molecule has 0 aliphatic heterocycles. The number of hydrogen-bond acceptors (Lipinski definition) is 4. The number of benzene rings is 1. The number of rotatable bonds is 1. The Bertz CT molecular complexity index is 345. The summed E-state index contributed by atoms with van der Waals surface area (Å²) in [7, 11) is -4.67. The van der Waals surface area contributed by atoms with Gasteiger partial charge in [0.05, 0.1) is 21.8 Å². The van der Waals surface area contributed by atoms with Crippen LogP contribution in [0.3, 0.4) is 0 Å². The Morgan fingerprint density at radius 3 is 1.79 bits per heavy atom. The largest absolute Gasteiger partial charge is 0.394 e. The van der Waals surface area contributed by atoms with Crippen molar-refractivity contribution in [2.45, 2.75) is 0 Å². The molecule has 0 heterocycles. The van der Waals surface area contributed by atoms with Crippen LogP contribution in [0, 0.1) is 0 Å². The van der Waals surface area contributed by atoms with E-state index in [1.54, 1.807) is 0 Å². The van der Waals surface area contributed by atoms with Gasteiger partial charge in [0.1, 0.15) is 0 Å². The van der Waals surface area contributed by atoms with E-state index in [9.17, 15) is 0 Å². The van der Waals surface area contributed by atoms with E-state index in [0.717, 1.165) is 5.69 Å². The van der Waals surface area contributed by atoms with E-state index in [1.165, 1.54) is 4.03 Å². The fourth-order valence-corrected chi connectivity index (χ4v) is 0.807. The molecule has 0 atom stereocenters. The lowest BCUT2D eigenvalue weighted by molar-refractivity contribution is 0.381. The highest BCUT2D eigenvalue weighted by molar-refractivity contribution is 9.10. The van der Waals surface area contributed by atoms with Gasteiger partial charge in [-0.15, -0.1) is 0 Å². The fourth-order valence-electron chi connectivity index (χ4n) is 0.570. The van der Waals surface area contributed by atoms with Crippen molar-refractivity contribution in [3.63, 3.8) is 0 Å². The lowest BCUT2D eigenvalue weighted by atomic mass is 10.3. The molecule has 14 heavy (non-hydrogen) atoms. The molecule has 0 spiro atoms.